The van der Waals surface area contributed by atoms with Crippen LogP contribution < -0.4 is 0 Å². The van der Waals surface area contributed by atoms with Gasteiger partial charge in [0.2, 0.25) is 0 Å². The number of aliphatic carboxylic acids is 1. The van der Waals surface area contributed by atoms with Gasteiger partial charge in [-0.15, -0.1) is 0 Å². The summed E-state index contributed by atoms with van der Waals surface area (Å²) in [6, 6.07) is 6.97. The number of benzene rings is 1. The minimum absolute atomic E-state index is 0.134. The van der Waals surface area contributed by atoms with Crippen LogP contribution in [-0.2, 0) is 4.79 Å². The minimum Gasteiger partial charge on any atom is -0.478 e. The van der Waals surface area contributed by atoms with Gasteiger partial charge in [0, 0.05) is 18.4 Å². The second-order valence-electron chi connectivity index (χ2n) is 4.09. The summed E-state index contributed by atoms with van der Waals surface area (Å²) in [5.41, 5.74) is 2.06. The molecule has 0 aliphatic heterocycles. The highest BCUT2D eigenvalue weighted by atomic mass is 16.4. The van der Waals surface area contributed by atoms with Gasteiger partial charge in [0.15, 0.2) is 11.5 Å². The van der Waals surface area contributed by atoms with Gasteiger partial charge in [-0.3, -0.25) is 4.79 Å². The van der Waals surface area contributed by atoms with Crippen LogP contribution in [0.25, 0.3) is 16.5 Å². The van der Waals surface area contributed by atoms with E-state index in [4.69, 9.17) is 9.52 Å². The molecule has 0 fully saturated rings. The number of hydrogen-bond donors (Lipinski definition) is 1. The van der Waals surface area contributed by atoms with Crippen molar-refractivity contribution in [3.63, 3.8) is 0 Å². The van der Waals surface area contributed by atoms with E-state index in [9.17, 15) is 9.59 Å². The lowest BCUT2D eigenvalue weighted by atomic mass is 10.1. The fourth-order valence-corrected chi connectivity index (χ4v) is 1.73. The molecular formula is C14H12O4. The number of carbonyl (C=O) groups is 2. The second-order valence-corrected chi connectivity index (χ2v) is 4.09. The zero-order valence-corrected chi connectivity index (χ0v) is 10.1. The van der Waals surface area contributed by atoms with E-state index < -0.39 is 5.97 Å². The molecule has 1 heterocycles. The van der Waals surface area contributed by atoms with Crippen LogP contribution in [0.5, 0.6) is 0 Å². The molecule has 0 radical (unpaired) electrons. The first-order valence-corrected chi connectivity index (χ1v) is 5.43. The average Bonchev–Trinajstić information content (AvgIpc) is 2.70. The number of Topliss-reactive ketones (excluding diaryl/α,β-unsaturated/α-hetero) is 1. The highest BCUT2D eigenvalue weighted by Gasteiger charge is 2.08. The summed E-state index contributed by atoms with van der Waals surface area (Å²) >= 11 is 0. The molecule has 0 saturated carbocycles. The van der Waals surface area contributed by atoms with Gasteiger partial charge in [0.05, 0.1) is 0 Å². The lowest BCUT2D eigenvalue weighted by Gasteiger charge is -1.99. The molecule has 0 amide bonds. The van der Waals surface area contributed by atoms with Crippen LogP contribution in [0.3, 0.4) is 0 Å². The van der Waals surface area contributed by atoms with Crippen molar-refractivity contribution >= 4 is 28.3 Å². The molecule has 18 heavy (non-hydrogen) atoms. The van der Waals surface area contributed by atoms with E-state index in [2.05, 4.69) is 0 Å². The molecule has 0 spiro atoms. The van der Waals surface area contributed by atoms with Crippen LogP contribution in [0.2, 0.25) is 0 Å². The highest BCUT2D eigenvalue weighted by molar-refractivity contribution is 5.97. The second kappa shape index (κ2) is 4.49. The number of furan rings is 1. The maximum absolute atomic E-state index is 11.2. The molecule has 0 unspecified atom stereocenters. The van der Waals surface area contributed by atoms with Gasteiger partial charge in [-0.05, 0) is 36.3 Å². The van der Waals surface area contributed by atoms with E-state index in [1.54, 1.807) is 31.2 Å². The van der Waals surface area contributed by atoms with Gasteiger partial charge < -0.3 is 9.52 Å². The molecule has 92 valence electrons. The molecule has 1 aromatic heterocycles. The molecule has 0 saturated heterocycles. The monoisotopic (exact) mass is 244 g/mol. The van der Waals surface area contributed by atoms with Crippen molar-refractivity contribution in [3.05, 3.63) is 41.7 Å². The van der Waals surface area contributed by atoms with Crippen molar-refractivity contribution in [2.24, 2.45) is 0 Å². The van der Waals surface area contributed by atoms with Gasteiger partial charge in [-0.1, -0.05) is 6.07 Å². The summed E-state index contributed by atoms with van der Waals surface area (Å²) in [7, 11) is 0. The molecule has 0 aliphatic rings. The van der Waals surface area contributed by atoms with Crippen molar-refractivity contribution in [2.75, 3.05) is 0 Å². The normalized spacial score (nSPS) is 11.8. The summed E-state index contributed by atoms with van der Waals surface area (Å²) in [5.74, 6) is -0.809. The predicted octanol–water partition coefficient (Wildman–Crippen LogP) is 3.12. The van der Waals surface area contributed by atoms with Gasteiger partial charge in [0.25, 0.3) is 0 Å². The van der Waals surface area contributed by atoms with E-state index in [0.29, 0.717) is 16.9 Å². The molecule has 4 nitrogen and oxygen atoms in total. The standard InChI is InChI=1S/C14H12O4/c1-8(5-14(16)17)10-3-4-12-11(6-10)7-13(18-12)9(2)15/h3-7H,1-2H3,(H,16,17). The fourth-order valence-electron chi connectivity index (χ4n) is 1.73. The quantitative estimate of drug-likeness (QED) is 0.665. The molecule has 0 atom stereocenters. The Morgan fingerprint density at radius 1 is 1.22 bits per heavy atom. The molecule has 2 aromatic rings. The SMILES string of the molecule is CC(=O)c1cc2cc(C(C)=CC(=O)O)ccc2o1. The van der Waals surface area contributed by atoms with Gasteiger partial charge >= 0.3 is 5.97 Å². The number of fused-ring (bicyclic) bond motifs is 1. The minimum atomic E-state index is -0.982. The lowest BCUT2D eigenvalue weighted by Crippen LogP contribution is -1.89. The summed E-state index contributed by atoms with van der Waals surface area (Å²) in [5, 5.41) is 9.48. The van der Waals surface area contributed by atoms with Crippen molar-refractivity contribution < 1.29 is 19.1 Å². The van der Waals surface area contributed by atoms with Crippen LogP contribution in [0.4, 0.5) is 0 Å². The first kappa shape index (κ1) is 12.1. The Labute approximate surface area is 104 Å². The third-order valence-electron chi connectivity index (χ3n) is 2.66. The fraction of sp³-hybridized carbons (Fsp3) is 0.143. The van der Waals surface area contributed by atoms with E-state index >= 15 is 0 Å². The Morgan fingerprint density at radius 2 is 1.94 bits per heavy atom. The first-order valence-electron chi connectivity index (χ1n) is 5.43. The number of hydrogen-bond acceptors (Lipinski definition) is 3. The molecule has 4 heteroatoms. The Hall–Kier alpha value is -2.36. The summed E-state index contributed by atoms with van der Waals surface area (Å²) in [4.78, 5) is 21.8. The molecule has 1 N–H and O–H groups in total. The predicted molar refractivity (Wildman–Crippen MR) is 67.5 cm³/mol. The summed E-state index contributed by atoms with van der Waals surface area (Å²) in [6.07, 6.45) is 1.15. The maximum Gasteiger partial charge on any atom is 0.328 e. The van der Waals surface area contributed by atoms with Crippen LogP contribution in [0.1, 0.15) is 30.0 Å². The Balaban J connectivity index is 2.50. The van der Waals surface area contributed by atoms with Crippen LogP contribution in [0, 0.1) is 0 Å². The number of allylic oxidation sites excluding steroid dienone is 1. The van der Waals surface area contributed by atoms with E-state index in [1.807, 2.05) is 0 Å². The Morgan fingerprint density at radius 3 is 2.56 bits per heavy atom. The molecular weight excluding hydrogens is 232 g/mol. The zero-order chi connectivity index (χ0) is 13.3. The lowest BCUT2D eigenvalue weighted by molar-refractivity contribution is -0.131. The summed E-state index contributed by atoms with van der Waals surface area (Å²) in [6.45, 7) is 3.16. The van der Waals surface area contributed by atoms with E-state index in [1.165, 1.54) is 6.92 Å². The summed E-state index contributed by atoms with van der Waals surface area (Å²) < 4.78 is 5.36. The number of rotatable bonds is 3. The maximum atomic E-state index is 11.2. The molecule has 1 aromatic carbocycles. The first-order chi connectivity index (χ1) is 8.47. The Kier molecular flexibility index (Phi) is 3.02. The number of ketones is 1. The van der Waals surface area contributed by atoms with Crippen LogP contribution in [0.15, 0.2) is 34.8 Å². The molecule has 0 aliphatic carbocycles. The number of carbonyl (C=O) groups excluding carboxylic acids is 1. The van der Waals surface area contributed by atoms with Crippen molar-refractivity contribution in [1.82, 2.24) is 0 Å². The smallest absolute Gasteiger partial charge is 0.328 e. The number of carboxylic acids is 1. The van der Waals surface area contributed by atoms with Crippen LogP contribution >= 0.6 is 0 Å². The zero-order valence-electron chi connectivity index (χ0n) is 10.1. The van der Waals surface area contributed by atoms with E-state index in [0.717, 1.165) is 17.0 Å². The van der Waals surface area contributed by atoms with Gasteiger partial charge in [0.1, 0.15) is 5.58 Å². The van der Waals surface area contributed by atoms with Gasteiger partial charge in [-0.2, -0.15) is 0 Å². The number of carboxylic acid groups (broad SMARTS) is 1. The highest BCUT2D eigenvalue weighted by Crippen LogP contribution is 2.24. The Bertz CT molecular complexity index is 661. The molecule has 0 bridgehead atoms. The van der Waals surface area contributed by atoms with Crippen LogP contribution in [-0.4, -0.2) is 16.9 Å². The van der Waals surface area contributed by atoms with Crippen molar-refractivity contribution in [1.29, 1.82) is 0 Å². The van der Waals surface area contributed by atoms with Crippen molar-refractivity contribution in [3.8, 4) is 0 Å². The van der Waals surface area contributed by atoms with E-state index in [-0.39, 0.29) is 5.78 Å². The van der Waals surface area contributed by atoms with Gasteiger partial charge in [-0.25, -0.2) is 4.79 Å². The largest absolute Gasteiger partial charge is 0.478 e. The van der Waals surface area contributed by atoms with Crippen molar-refractivity contribution in [2.45, 2.75) is 13.8 Å². The average molecular weight is 244 g/mol. The topological polar surface area (TPSA) is 67.5 Å². The third kappa shape index (κ3) is 2.32. The third-order valence-corrected chi connectivity index (χ3v) is 2.66. The molecule has 2 rings (SSSR count).